The number of carbonyl (C=O) groups excluding carboxylic acids is 1. The molecule has 38 heavy (non-hydrogen) atoms. The van der Waals surface area contributed by atoms with Gasteiger partial charge in [0.1, 0.15) is 5.75 Å². The predicted molar refractivity (Wildman–Crippen MR) is 150 cm³/mol. The van der Waals surface area contributed by atoms with Crippen molar-refractivity contribution >= 4 is 11.6 Å². The quantitative estimate of drug-likeness (QED) is 0.305. The van der Waals surface area contributed by atoms with Crippen LogP contribution in [0, 0.1) is 0 Å². The van der Waals surface area contributed by atoms with Crippen molar-refractivity contribution in [1.29, 1.82) is 0 Å². The van der Waals surface area contributed by atoms with Gasteiger partial charge in [-0.2, -0.15) is 0 Å². The molecule has 6 nitrogen and oxygen atoms in total. The molecule has 188 valence electrons. The van der Waals surface area contributed by atoms with E-state index < -0.39 is 0 Å². The molecule has 0 bridgehead atoms. The standard InChI is InChI=1S/C32H28N4O2/c37-31-28(24-10-5-2-6-11-24)12-7-13-29(31)32(38)36-17-16-35(21-27-19-33-22-34-27)30-15-14-25(18-26(30)20-36)23-8-3-1-4-9-23/h1-15,18-19,22,37H,16-17,20-21H2,(H,33,34). The second-order valence-corrected chi connectivity index (χ2v) is 9.49. The number of aromatic amines is 1. The van der Waals surface area contributed by atoms with Gasteiger partial charge in [-0.05, 0) is 40.5 Å². The van der Waals surface area contributed by atoms with Gasteiger partial charge in [-0.1, -0.05) is 78.9 Å². The van der Waals surface area contributed by atoms with Crippen molar-refractivity contribution in [2.24, 2.45) is 0 Å². The summed E-state index contributed by atoms with van der Waals surface area (Å²) in [6.45, 7) is 2.25. The molecule has 6 heteroatoms. The lowest BCUT2D eigenvalue weighted by atomic mass is 10.00. The first-order valence-electron chi connectivity index (χ1n) is 12.7. The second kappa shape index (κ2) is 10.3. The summed E-state index contributed by atoms with van der Waals surface area (Å²) >= 11 is 0. The van der Waals surface area contributed by atoms with Crippen LogP contribution in [0.15, 0.2) is 110 Å². The van der Waals surface area contributed by atoms with E-state index in [4.69, 9.17) is 0 Å². The van der Waals surface area contributed by atoms with Gasteiger partial charge in [0.05, 0.1) is 24.1 Å². The summed E-state index contributed by atoms with van der Waals surface area (Å²) in [6, 6.07) is 31.7. The van der Waals surface area contributed by atoms with E-state index in [-0.39, 0.29) is 11.7 Å². The molecular weight excluding hydrogens is 472 g/mol. The van der Waals surface area contributed by atoms with E-state index in [0.29, 0.717) is 37.3 Å². The minimum Gasteiger partial charge on any atom is -0.506 e. The number of fused-ring (bicyclic) bond motifs is 1. The fourth-order valence-corrected chi connectivity index (χ4v) is 5.12. The summed E-state index contributed by atoms with van der Waals surface area (Å²) in [6.07, 6.45) is 3.59. The molecule has 0 unspecified atom stereocenters. The summed E-state index contributed by atoms with van der Waals surface area (Å²) < 4.78 is 0. The Balaban J connectivity index is 1.36. The molecule has 0 spiro atoms. The molecule has 1 aliphatic heterocycles. The molecule has 0 aliphatic carbocycles. The van der Waals surface area contributed by atoms with Crippen LogP contribution >= 0.6 is 0 Å². The van der Waals surface area contributed by atoms with E-state index in [1.54, 1.807) is 12.4 Å². The van der Waals surface area contributed by atoms with Gasteiger partial charge in [0, 0.05) is 37.1 Å². The van der Waals surface area contributed by atoms with Crippen LogP contribution in [0.4, 0.5) is 5.69 Å². The second-order valence-electron chi connectivity index (χ2n) is 9.49. The van der Waals surface area contributed by atoms with Crippen LogP contribution in [0.2, 0.25) is 0 Å². The van der Waals surface area contributed by atoms with Crippen molar-refractivity contribution < 1.29 is 9.90 Å². The van der Waals surface area contributed by atoms with Crippen molar-refractivity contribution in [2.45, 2.75) is 13.1 Å². The number of aromatic hydroxyl groups is 1. The van der Waals surface area contributed by atoms with Crippen LogP contribution in [0.3, 0.4) is 0 Å². The summed E-state index contributed by atoms with van der Waals surface area (Å²) in [5, 5.41) is 11.2. The average molecular weight is 501 g/mol. The van der Waals surface area contributed by atoms with E-state index in [9.17, 15) is 9.90 Å². The fourth-order valence-electron chi connectivity index (χ4n) is 5.12. The van der Waals surface area contributed by atoms with Crippen LogP contribution in [0.25, 0.3) is 22.3 Å². The van der Waals surface area contributed by atoms with E-state index in [1.165, 1.54) is 0 Å². The van der Waals surface area contributed by atoms with Gasteiger partial charge >= 0.3 is 0 Å². The lowest BCUT2D eigenvalue weighted by Gasteiger charge is -2.24. The number of hydrogen-bond acceptors (Lipinski definition) is 4. The molecule has 0 saturated heterocycles. The normalized spacial score (nSPS) is 13.2. The Kier molecular flexibility index (Phi) is 6.36. The molecule has 5 aromatic rings. The molecular formula is C32H28N4O2. The number of aromatic nitrogens is 2. The lowest BCUT2D eigenvalue weighted by Crippen LogP contribution is -2.35. The largest absolute Gasteiger partial charge is 0.506 e. The SMILES string of the molecule is O=C(c1cccc(-c2ccccc2)c1O)N1CCN(Cc2c[nH]cn2)c2ccc(-c3ccccc3)cc2C1. The molecule has 0 atom stereocenters. The molecule has 6 rings (SSSR count). The molecule has 0 radical (unpaired) electrons. The highest BCUT2D eigenvalue weighted by molar-refractivity contribution is 5.99. The monoisotopic (exact) mass is 500 g/mol. The molecule has 0 saturated carbocycles. The third-order valence-corrected chi connectivity index (χ3v) is 7.07. The summed E-state index contributed by atoms with van der Waals surface area (Å²) in [5.74, 6) is -0.169. The minimum absolute atomic E-state index is 0.0135. The number of phenols is 1. The number of hydrogen-bond donors (Lipinski definition) is 2. The number of carbonyl (C=O) groups is 1. The zero-order chi connectivity index (χ0) is 25.9. The Morgan fingerprint density at radius 2 is 1.61 bits per heavy atom. The number of amides is 1. The Morgan fingerprint density at radius 1 is 0.842 bits per heavy atom. The van der Waals surface area contributed by atoms with E-state index >= 15 is 0 Å². The average Bonchev–Trinajstić information content (AvgIpc) is 3.41. The highest BCUT2D eigenvalue weighted by atomic mass is 16.3. The maximum absolute atomic E-state index is 13.9. The molecule has 0 fully saturated rings. The molecule has 1 aliphatic rings. The van der Waals surface area contributed by atoms with Gasteiger partial charge in [0.2, 0.25) is 0 Å². The summed E-state index contributed by atoms with van der Waals surface area (Å²) in [5.41, 5.74) is 7.16. The molecule has 2 N–H and O–H groups in total. The molecule has 1 aromatic heterocycles. The minimum atomic E-state index is -0.182. The molecule has 4 aromatic carbocycles. The number of H-pyrrole nitrogens is 1. The van der Waals surface area contributed by atoms with Crippen molar-refractivity contribution in [1.82, 2.24) is 14.9 Å². The number of para-hydroxylation sites is 1. The van der Waals surface area contributed by atoms with E-state index in [1.807, 2.05) is 71.8 Å². The predicted octanol–water partition coefficient (Wildman–Crippen LogP) is 6.11. The maximum atomic E-state index is 13.9. The van der Waals surface area contributed by atoms with E-state index in [2.05, 4.69) is 45.2 Å². The topological polar surface area (TPSA) is 72.5 Å². The van der Waals surface area contributed by atoms with Gasteiger partial charge in [-0.3, -0.25) is 4.79 Å². The number of phenolic OH excluding ortho intramolecular Hbond substituents is 1. The van der Waals surface area contributed by atoms with Crippen LogP contribution in [-0.4, -0.2) is 39.0 Å². The fraction of sp³-hybridized carbons (Fsp3) is 0.125. The number of nitrogens with zero attached hydrogens (tertiary/aromatic N) is 3. The van der Waals surface area contributed by atoms with Crippen molar-refractivity contribution in [3.05, 3.63) is 126 Å². The Morgan fingerprint density at radius 3 is 2.34 bits per heavy atom. The summed E-state index contributed by atoms with van der Waals surface area (Å²) in [4.78, 5) is 25.4. The zero-order valence-corrected chi connectivity index (χ0v) is 20.9. The van der Waals surface area contributed by atoms with E-state index in [0.717, 1.165) is 33.6 Å². The third-order valence-electron chi connectivity index (χ3n) is 7.07. The highest BCUT2D eigenvalue weighted by Crippen LogP contribution is 2.35. The Labute approximate surface area is 221 Å². The maximum Gasteiger partial charge on any atom is 0.257 e. The van der Waals surface area contributed by atoms with Crippen LogP contribution in [0.1, 0.15) is 21.6 Å². The number of imidazole rings is 1. The summed E-state index contributed by atoms with van der Waals surface area (Å²) in [7, 11) is 0. The van der Waals surface area contributed by atoms with Crippen LogP contribution < -0.4 is 4.90 Å². The van der Waals surface area contributed by atoms with Gasteiger partial charge in [-0.25, -0.2) is 4.98 Å². The van der Waals surface area contributed by atoms with Crippen LogP contribution in [0.5, 0.6) is 5.75 Å². The first kappa shape index (κ1) is 23.6. The lowest BCUT2D eigenvalue weighted by molar-refractivity contribution is 0.0748. The number of anilines is 1. The van der Waals surface area contributed by atoms with Crippen molar-refractivity contribution in [3.63, 3.8) is 0 Å². The molecule has 1 amide bonds. The van der Waals surface area contributed by atoms with Crippen molar-refractivity contribution in [2.75, 3.05) is 18.0 Å². The van der Waals surface area contributed by atoms with Crippen LogP contribution in [-0.2, 0) is 13.1 Å². The Bertz CT molecular complexity index is 1550. The molecule has 2 heterocycles. The van der Waals surface area contributed by atoms with Gasteiger partial charge in [0.25, 0.3) is 5.91 Å². The van der Waals surface area contributed by atoms with Gasteiger partial charge in [0.15, 0.2) is 0 Å². The third kappa shape index (κ3) is 4.64. The number of rotatable bonds is 5. The Hall–Kier alpha value is -4.84. The number of nitrogens with one attached hydrogen (secondary N) is 1. The van der Waals surface area contributed by atoms with Gasteiger partial charge < -0.3 is 19.9 Å². The zero-order valence-electron chi connectivity index (χ0n) is 20.9. The highest BCUT2D eigenvalue weighted by Gasteiger charge is 2.27. The first-order chi connectivity index (χ1) is 18.7. The van der Waals surface area contributed by atoms with Crippen molar-refractivity contribution in [3.8, 4) is 28.0 Å². The van der Waals surface area contributed by atoms with Gasteiger partial charge in [-0.15, -0.1) is 0 Å². The number of benzene rings is 4. The first-order valence-corrected chi connectivity index (χ1v) is 12.7. The smallest absolute Gasteiger partial charge is 0.257 e.